The molecular weight excluding hydrogens is 256 g/mol. The van der Waals surface area contributed by atoms with Crippen molar-refractivity contribution in [1.82, 2.24) is 20.1 Å². The van der Waals surface area contributed by atoms with Crippen LogP contribution in [0.1, 0.15) is 46.3 Å². The maximum absolute atomic E-state index is 12.0. The van der Waals surface area contributed by atoms with Gasteiger partial charge in [-0.3, -0.25) is 4.79 Å². The van der Waals surface area contributed by atoms with Gasteiger partial charge < -0.3 is 10.1 Å². The van der Waals surface area contributed by atoms with Gasteiger partial charge in [-0.2, -0.15) is 5.10 Å². The first-order valence-electron chi connectivity index (χ1n) is 7.36. The van der Waals surface area contributed by atoms with E-state index in [1.165, 1.54) is 0 Å². The zero-order valence-corrected chi connectivity index (χ0v) is 13.1. The highest BCUT2D eigenvalue weighted by molar-refractivity contribution is 5.75. The van der Waals surface area contributed by atoms with Gasteiger partial charge in [0.2, 0.25) is 0 Å². The number of esters is 1. The average Bonchev–Trinajstić information content (AvgIpc) is 2.80. The summed E-state index contributed by atoms with van der Waals surface area (Å²) >= 11 is 0. The van der Waals surface area contributed by atoms with Crippen molar-refractivity contribution in [2.45, 2.75) is 66.1 Å². The van der Waals surface area contributed by atoms with E-state index in [0.29, 0.717) is 13.2 Å². The molecule has 0 saturated carbocycles. The zero-order valence-electron chi connectivity index (χ0n) is 13.1. The second kappa shape index (κ2) is 7.99. The van der Waals surface area contributed by atoms with E-state index in [9.17, 15) is 4.79 Å². The fourth-order valence-electron chi connectivity index (χ4n) is 2.00. The third-order valence-corrected chi connectivity index (χ3v) is 2.89. The molecule has 1 aromatic heterocycles. The van der Waals surface area contributed by atoms with Crippen molar-refractivity contribution in [3.05, 3.63) is 11.6 Å². The van der Waals surface area contributed by atoms with Crippen molar-refractivity contribution in [3.8, 4) is 0 Å². The van der Waals surface area contributed by atoms with E-state index in [1.54, 1.807) is 0 Å². The lowest BCUT2D eigenvalue weighted by Crippen LogP contribution is -2.45. The molecule has 0 amide bonds. The molecule has 0 aliphatic rings. The SMILES string of the molecule is CCOC(=O)C(Cn1nc(CC)nc1CC)NC(C)C. The van der Waals surface area contributed by atoms with Gasteiger partial charge in [-0.05, 0) is 6.92 Å². The number of aromatic nitrogens is 3. The number of carbonyl (C=O) groups is 1. The number of nitrogens with one attached hydrogen (secondary N) is 1. The Bertz CT molecular complexity index is 429. The van der Waals surface area contributed by atoms with Gasteiger partial charge in [0, 0.05) is 18.9 Å². The van der Waals surface area contributed by atoms with Crippen LogP contribution in [0.15, 0.2) is 0 Å². The first-order chi connectivity index (χ1) is 9.51. The Morgan fingerprint density at radius 3 is 2.50 bits per heavy atom. The third kappa shape index (κ3) is 4.59. The minimum absolute atomic E-state index is 0.198. The molecule has 20 heavy (non-hydrogen) atoms. The normalized spacial score (nSPS) is 12.7. The molecule has 0 aliphatic heterocycles. The fraction of sp³-hybridized carbons (Fsp3) is 0.786. The summed E-state index contributed by atoms with van der Waals surface area (Å²) in [6, 6.07) is -0.199. The predicted molar refractivity (Wildman–Crippen MR) is 77.5 cm³/mol. The summed E-state index contributed by atoms with van der Waals surface area (Å²) in [5.74, 6) is 1.48. The number of hydrogen-bond donors (Lipinski definition) is 1. The van der Waals surface area contributed by atoms with Crippen molar-refractivity contribution in [2.75, 3.05) is 6.61 Å². The van der Waals surface area contributed by atoms with Crippen LogP contribution < -0.4 is 5.32 Å². The monoisotopic (exact) mass is 282 g/mol. The second-order valence-corrected chi connectivity index (χ2v) is 4.96. The van der Waals surface area contributed by atoms with Gasteiger partial charge in [0.15, 0.2) is 5.82 Å². The number of carbonyl (C=O) groups excluding carboxylic acids is 1. The summed E-state index contributed by atoms with van der Waals surface area (Å²) in [4.78, 5) is 16.5. The molecule has 0 bridgehead atoms. The van der Waals surface area contributed by atoms with E-state index in [1.807, 2.05) is 39.3 Å². The van der Waals surface area contributed by atoms with Gasteiger partial charge in [-0.1, -0.05) is 27.7 Å². The molecule has 0 fully saturated rings. The van der Waals surface area contributed by atoms with Crippen LogP contribution in [0.4, 0.5) is 0 Å². The molecule has 1 rings (SSSR count). The van der Waals surface area contributed by atoms with Crippen LogP contribution in [0.2, 0.25) is 0 Å². The lowest BCUT2D eigenvalue weighted by Gasteiger charge is -2.20. The lowest BCUT2D eigenvalue weighted by atomic mass is 10.2. The lowest BCUT2D eigenvalue weighted by molar-refractivity contribution is -0.146. The number of hydrogen-bond acceptors (Lipinski definition) is 5. The summed E-state index contributed by atoms with van der Waals surface area (Å²) in [6.45, 7) is 10.7. The average molecular weight is 282 g/mol. The van der Waals surface area contributed by atoms with Crippen LogP contribution >= 0.6 is 0 Å². The summed E-state index contributed by atoms with van der Waals surface area (Å²) in [5, 5.41) is 7.68. The van der Waals surface area contributed by atoms with Crippen molar-refractivity contribution in [3.63, 3.8) is 0 Å². The van der Waals surface area contributed by atoms with E-state index < -0.39 is 6.04 Å². The van der Waals surface area contributed by atoms with Gasteiger partial charge in [0.1, 0.15) is 11.9 Å². The van der Waals surface area contributed by atoms with Gasteiger partial charge in [-0.15, -0.1) is 0 Å². The molecule has 0 radical (unpaired) electrons. The van der Waals surface area contributed by atoms with Crippen LogP contribution in [0.3, 0.4) is 0 Å². The van der Waals surface area contributed by atoms with Crippen LogP contribution in [-0.2, 0) is 28.9 Å². The molecule has 0 aromatic carbocycles. The highest BCUT2D eigenvalue weighted by atomic mass is 16.5. The molecule has 0 spiro atoms. The number of nitrogens with zero attached hydrogens (tertiary/aromatic N) is 3. The van der Waals surface area contributed by atoms with Crippen molar-refractivity contribution < 1.29 is 9.53 Å². The minimum Gasteiger partial charge on any atom is -0.465 e. The Morgan fingerprint density at radius 2 is 2.00 bits per heavy atom. The van der Waals surface area contributed by atoms with Crippen molar-refractivity contribution in [1.29, 1.82) is 0 Å². The van der Waals surface area contributed by atoms with Crippen LogP contribution in [0.25, 0.3) is 0 Å². The van der Waals surface area contributed by atoms with Crippen molar-refractivity contribution in [2.24, 2.45) is 0 Å². The number of aryl methyl sites for hydroxylation is 2. The molecule has 1 unspecified atom stereocenters. The largest absolute Gasteiger partial charge is 0.465 e. The van der Waals surface area contributed by atoms with Gasteiger partial charge in [-0.25, -0.2) is 9.67 Å². The Balaban J connectivity index is 2.87. The van der Waals surface area contributed by atoms with E-state index >= 15 is 0 Å². The van der Waals surface area contributed by atoms with Crippen LogP contribution in [-0.4, -0.2) is 39.4 Å². The zero-order chi connectivity index (χ0) is 15.1. The molecule has 6 heteroatoms. The highest BCUT2D eigenvalue weighted by Crippen LogP contribution is 2.04. The number of ether oxygens (including phenoxy) is 1. The van der Waals surface area contributed by atoms with Crippen LogP contribution in [0.5, 0.6) is 0 Å². The Hall–Kier alpha value is -1.43. The third-order valence-electron chi connectivity index (χ3n) is 2.89. The maximum Gasteiger partial charge on any atom is 0.325 e. The van der Waals surface area contributed by atoms with Gasteiger partial charge in [0.25, 0.3) is 0 Å². The molecule has 6 nitrogen and oxygen atoms in total. The standard InChI is InChI=1S/C14H26N4O2/c1-6-12-16-13(7-2)18(17-12)9-11(15-10(4)5)14(19)20-8-3/h10-11,15H,6-9H2,1-5H3. The smallest absolute Gasteiger partial charge is 0.325 e. The Morgan fingerprint density at radius 1 is 1.30 bits per heavy atom. The molecule has 1 aromatic rings. The summed E-state index contributed by atoms with van der Waals surface area (Å²) in [5.41, 5.74) is 0. The van der Waals surface area contributed by atoms with E-state index in [-0.39, 0.29) is 12.0 Å². The summed E-state index contributed by atoms with van der Waals surface area (Å²) in [6.07, 6.45) is 1.59. The quantitative estimate of drug-likeness (QED) is 0.729. The van der Waals surface area contributed by atoms with E-state index in [0.717, 1.165) is 24.5 Å². The van der Waals surface area contributed by atoms with Crippen LogP contribution in [0, 0.1) is 0 Å². The first kappa shape index (κ1) is 16.6. The summed E-state index contributed by atoms with van der Waals surface area (Å²) < 4.78 is 6.94. The predicted octanol–water partition coefficient (Wildman–Crippen LogP) is 1.33. The Labute approximate surface area is 120 Å². The topological polar surface area (TPSA) is 69.0 Å². The molecule has 1 atom stereocenters. The maximum atomic E-state index is 12.0. The fourth-order valence-corrected chi connectivity index (χ4v) is 2.00. The van der Waals surface area contributed by atoms with Gasteiger partial charge >= 0.3 is 5.97 Å². The van der Waals surface area contributed by atoms with Crippen molar-refractivity contribution >= 4 is 5.97 Å². The van der Waals surface area contributed by atoms with E-state index in [4.69, 9.17) is 4.74 Å². The molecule has 114 valence electrons. The molecule has 1 heterocycles. The molecule has 0 aliphatic carbocycles. The molecule has 0 saturated heterocycles. The number of rotatable bonds is 8. The second-order valence-electron chi connectivity index (χ2n) is 4.96. The molecular formula is C14H26N4O2. The first-order valence-corrected chi connectivity index (χ1v) is 7.36. The summed E-state index contributed by atoms with van der Waals surface area (Å²) in [7, 11) is 0. The minimum atomic E-state index is -0.397. The van der Waals surface area contributed by atoms with E-state index in [2.05, 4.69) is 15.4 Å². The highest BCUT2D eigenvalue weighted by Gasteiger charge is 2.23. The molecule has 1 N–H and O–H groups in total. The Kier molecular flexibility index (Phi) is 6.64. The van der Waals surface area contributed by atoms with Gasteiger partial charge in [0.05, 0.1) is 13.2 Å².